The molecular formula is C32H49ClN6O5S. The summed E-state index contributed by atoms with van der Waals surface area (Å²) in [5, 5.41) is 14.8. The van der Waals surface area contributed by atoms with E-state index >= 15 is 0 Å². The number of benzene rings is 1. The number of rotatable bonds is 19. The Labute approximate surface area is 272 Å². The molecule has 1 aliphatic rings. The number of fused-ring (bicyclic) bond motifs is 1. The highest BCUT2D eigenvalue weighted by Crippen LogP contribution is 2.23. The molecule has 1 fully saturated rings. The van der Waals surface area contributed by atoms with Gasteiger partial charge in [-0.05, 0) is 44.0 Å². The molecule has 2 aromatic heterocycles. The van der Waals surface area contributed by atoms with Gasteiger partial charge in [0, 0.05) is 31.7 Å². The molecule has 1 aliphatic heterocycles. The maximum atomic E-state index is 12.8. The number of amides is 1. The minimum absolute atomic E-state index is 0.175. The molecule has 1 atom stereocenters. The van der Waals surface area contributed by atoms with E-state index in [0.29, 0.717) is 48.3 Å². The van der Waals surface area contributed by atoms with Gasteiger partial charge in [-0.3, -0.25) is 5.10 Å². The molecule has 45 heavy (non-hydrogen) atoms. The number of aromatic nitrogens is 4. The Morgan fingerprint density at radius 1 is 1.00 bits per heavy atom. The zero-order valence-electron chi connectivity index (χ0n) is 26.7. The van der Waals surface area contributed by atoms with Crippen LogP contribution in [0.5, 0.6) is 5.75 Å². The summed E-state index contributed by atoms with van der Waals surface area (Å²) in [6.07, 6.45) is 12.6. The molecule has 1 unspecified atom stereocenters. The van der Waals surface area contributed by atoms with Crippen molar-refractivity contribution in [3.8, 4) is 5.75 Å². The monoisotopic (exact) mass is 664 g/mol. The van der Waals surface area contributed by atoms with Crippen molar-refractivity contribution in [3.63, 3.8) is 0 Å². The zero-order chi connectivity index (χ0) is 32.1. The highest BCUT2D eigenvalue weighted by molar-refractivity contribution is 7.91. The maximum Gasteiger partial charge on any atom is 0.407 e. The standard InChI is InChI=1S/C32H49ClN6O5S/c1-3-4-5-6-7-8-9-10-11-12-13-28(24-43-27-16-14-26(15-17-27)38-20-22-45(41,42)23-21-38)44-32(40)34-19-18-29-35-36-31-30(33)25(2)37-39(29)31/h14-17,28,37H,3-13,18-24H2,1-2H3,(H,34,40). The molecular weight excluding hydrogens is 616 g/mol. The first-order valence-electron chi connectivity index (χ1n) is 16.5. The van der Waals surface area contributed by atoms with E-state index in [1.807, 2.05) is 31.2 Å². The van der Waals surface area contributed by atoms with Gasteiger partial charge in [-0.25, -0.2) is 17.7 Å². The van der Waals surface area contributed by atoms with Crippen LogP contribution in [0.15, 0.2) is 24.3 Å². The second-order valence-corrected chi connectivity index (χ2v) is 14.6. The molecule has 1 saturated heterocycles. The van der Waals surface area contributed by atoms with Crippen LogP contribution in [0.2, 0.25) is 5.02 Å². The van der Waals surface area contributed by atoms with Gasteiger partial charge in [-0.2, -0.15) is 0 Å². The SMILES string of the molecule is CCCCCCCCCCCCC(COc1ccc(N2CCS(=O)(=O)CC2)cc1)OC(=O)NCCc1nnc2c(Cl)c(C)[nH]n12. The van der Waals surface area contributed by atoms with E-state index in [4.69, 9.17) is 21.1 Å². The third-order valence-electron chi connectivity index (χ3n) is 8.29. The van der Waals surface area contributed by atoms with Crippen molar-refractivity contribution in [2.45, 2.75) is 97.0 Å². The molecule has 13 heteroatoms. The van der Waals surface area contributed by atoms with Crippen molar-refractivity contribution in [1.82, 2.24) is 25.1 Å². The van der Waals surface area contributed by atoms with Gasteiger partial charge in [0.2, 0.25) is 0 Å². The number of carbonyl (C=O) groups excluding carboxylic acids is 1. The van der Waals surface area contributed by atoms with Crippen LogP contribution in [0, 0.1) is 6.92 Å². The Morgan fingerprint density at radius 3 is 2.31 bits per heavy atom. The van der Waals surface area contributed by atoms with E-state index in [-0.39, 0.29) is 18.1 Å². The molecule has 0 radical (unpaired) electrons. The molecule has 11 nitrogen and oxygen atoms in total. The van der Waals surface area contributed by atoms with Crippen LogP contribution in [0.3, 0.4) is 0 Å². The fourth-order valence-corrected chi connectivity index (χ4v) is 6.91. The minimum Gasteiger partial charge on any atom is -0.490 e. The molecule has 3 heterocycles. The average molecular weight is 665 g/mol. The summed E-state index contributed by atoms with van der Waals surface area (Å²) in [6, 6.07) is 7.64. The van der Waals surface area contributed by atoms with Crippen LogP contribution in [-0.4, -0.2) is 78.2 Å². The molecule has 1 amide bonds. The van der Waals surface area contributed by atoms with Crippen LogP contribution in [-0.2, 0) is 21.0 Å². The number of hydrogen-bond acceptors (Lipinski definition) is 8. The van der Waals surface area contributed by atoms with Crippen molar-refractivity contribution in [2.24, 2.45) is 0 Å². The third kappa shape index (κ3) is 11.1. The molecule has 0 aliphatic carbocycles. The van der Waals surface area contributed by atoms with Crippen molar-refractivity contribution in [3.05, 3.63) is 40.8 Å². The number of carbonyl (C=O) groups is 1. The van der Waals surface area contributed by atoms with Crippen molar-refractivity contribution >= 4 is 38.9 Å². The molecule has 3 aromatic rings. The van der Waals surface area contributed by atoms with Crippen LogP contribution in [0.25, 0.3) is 5.65 Å². The summed E-state index contributed by atoms with van der Waals surface area (Å²) < 4.78 is 37.1. The number of nitrogens with zero attached hydrogens (tertiary/aromatic N) is 4. The number of H-pyrrole nitrogens is 1. The molecule has 0 bridgehead atoms. The van der Waals surface area contributed by atoms with Gasteiger partial charge in [0.25, 0.3) is 0 Å². The Hall–Kier alpha value is -2.99. The van der Waals surface area contributed by atoms with E-state index in [1.54, 1.807) is 4.52 Å². The second kappa shape index (κ2) is 17.6. The van der Waals surface area contributed by atoms with Crippen LogP contribution in [0.4, 0.5) is 10.5 Å². The highest BCUT2D eigenvalue weighted by Gasteiger charge is 2.22. The average Bonchev–Trinajstić information content (AvgIpc) is 3.55. The van der Waals surface area contributed by atoms with Gasteiger partial charge >= 0.3 is 6.09 Å². The van der Waals surface area contributed by atoms with Crippen LogP contribution < -0.4 is 15.0 Å². The number of aryl methyl sites for hydroxylation is 1. The number of hydrogen-bond donors (Lipinski definition) is 2. The first kappa shape index (κ1) is 34.9. The molecule has 2 N–H and O–H groups in total. The van der Waals surface area contributed by atoms with Crippen molar-refractivity contribution in [1.29, 1.82) is 0 Å². The summed E-state index contributed by atoms with van der Waals surface area (Å²) in [4.78, 5) is 14.8. The number of nitrogens with one attached hydrogen (secondary N) is 2. The fraction of sp³-hybridized carbons (Fsp3) is 0.656. The molecule has 0 spiro atoms. The lowest BCUT2D eigenvalue weighted by atomic mass is 10.0. The van der Waals surface area contributed by atoms with E-state index in [2.05, 4.69) is 32.4 Å². The smallest absolute Gasteiger partial charge is 0.407 e. The topological polar surface area (TPSA) is 131 Å². The number of anilines is 1. The quantitative estimate of drug-likeness (QED) is 0.143. The normalized spacial score (nSPS) is 15.3. The molecule has 4 rings (SSSR count). The number of ether oxygens (including phenoxy) is 2. The number of aromatic amines is 1. The summed E-state index contributed by atoms with van der Waals surface area (Å²) >= 11 is 6.25. The minimum atomic E-state index is -2.93. The van der Waals surface area contributed by atoms with E-state index in [0.717, 1.165) is 30.6 Å². The van der Waals surface area contributed by atoms with Gasteiger partial charge in [0.1, 0.15) is 23.5 Å². The maximum absolute atomic E-state index is 12.8. The van der Waals surface area contributed by atoms with E-state index in [9.17, 15) is 13.2 Å². The third-order valence-corrected chi connectivity index (χ3v) is 10.4. The van der Waals surface area contributed by atoms with Crippen molar-refractivity contribution < 1.29 is 22.7 Å². The predicted octanol–water partition coefficient (Wildman–Crippen LogP) is 6.28. The first-order valence-corrected chi connectivity index (χ1v) is 18.7. The lowest BCUT2D eigenvalue weighted by Crippen LogP contribution is -2.40. The van der Waals surface area contributed by atoms with Gasteiger partial charge in [-0.15, -0.1) is 10.2 Å². The Morgan fingerprint density at radius 2 is 1.64 bits per heavy atom. The Bertz CT molecular complexity index is 1430. The number of alkyl carbamates (subject to hydrolysis) is 1. The van der Waals surface area contributed by atoms with Crippen molar-refractivity contribution in [2.75, 3.05) is 42.6 Å². The molecule has 0 saturated carbocycles. The highest BCUT2D eigenvalue weighted by atomic mass is 35.5. The van der Waals surface area contributed by atoms with Crippen LogP contribution >= 0.6 is 11.6 Å². The lowest BCUT2D eigenvalue weighted by Gasteiger charge is -2.28. The van der Waals surface area contributed by atoms with Gasteiger partial charge in [-0.1, -0.05) is 76.3 Å². The zero-order valence-corrected chi connectivity index (χ0v) is 28.3. The Kier molecular flexibility index (Phi) is 13.7. The largest absolute Gasteiger partial charge is 0.490 e. The summed E-state index contributed by atoms with van der Waals surface area (Å²) in [5.41, 5.74) is 2.34. The Balaban J connectivity index is 1.23. The van der Waals surface area contributed by atoms with E-state index in [1.165, 1.54) is 51.4 Å². The van der Waals surface area contributed by atoms with Gasteiger partial charge in [0.05, 0.1) is 17.2 Å². The van der Waals surface area contributed by atoms with Gasteiger partial charge < -0.3 is 19.7 Å². The molecule has 1 aromatic carbocycles. The predicted molar refractivity (Wildman–Crippen MR) is 178 cm³/mol. The summed E-state index contributed by atoms with van der Waals surface area (Å²) in [6.45, 7) is 5.67. The number of sulfone groups is 1. The summed E-state index contributed by atoms with van der Waals surface area (Å²) in [7, 11) is -2.93. The fourth-order valence-electron chi connectivity index (χ4n) is 5.54. The summed E-state index contributed by atoms with van der Waals surface area (Å²) in [5.74, 6) is 1.69. The molecule has 250 valence electrons. The number of unbranched alkanes of at least 4 members (excludes halogenated alkanes) is 9. The van der Waals surface area contributed by atoms with Gasteiger partial charge in [0.15, 0.2) is 21.3 Å². The first-order chi connectivity index (χ1) is 21.8. The van der Waals surface area contributed by atoms with E-state index < -0.39 is 22.0 Å². The lowest BCUT2D eigenvalue weighted by molar-refractivity contribution is 0.0587. The van der Waals surface area contributed by atoms with Crippen LogP contribution in [0.1, 0.15) is 89.1 Å². The second-order valence-electron chi connectivity index (χ2n) is 11.9. The number of halogens is 1.